The zero-order chi connectivity index (χ0) is 15.3. The molecule has 0 atom stereocenters. The van der Waals surface area contributed by atoms with Gasteiger partial charge in [0.2, 0.25) is 11.8 Å². The maximum atomic E-state index is 13.0. The SMILES string of the molecule is O=C(CCNc1cccc(F)c1)NC1CCC(F)(F)CC1. The summed E-state index contributed by atoms with van der Waals surface area (Å²) in [5.41, 5.74) is 0.611. The van der Waals surface area contributed by atoms with Crippen LogP contribution in [0.1, 0.15) is 32.1 Å². The number of hydrogen-bond donors (Lipinski definition) is 2. The predicted octanol–water partition coefficient (Wildman–Crippen LogP) is 3.32. The van der Waals surface area contributed by atoms with E-state index in [1.165, 1.54) is 12.1 Å². The largest absolute Gasteiger partial charge is 0.384 e. The van der Waals surface area contributed by atoms with Crippen LogP contribution in [0.3, 0.4) is 0 Å². The molecule has 0 aromatic heterocycles. The highest BCUT2D eigenvalue weighted by molar-refractivity contribution is 5.76. The first kappa shape index (κ1) is 15.7. The number of hydrogen-bond acceptors (Lipinski definition) is 2. The Morgan fingerprint density at radius 2 is 2.00 bits per heavy atom. The van der Waals surface area contributed by atoms with E-state index in [1.54, 1.807) is 12.1 Å². The first-order valence-corrected chi connectivity index (χ1v) is 7.11. The van der Waals surface area contributed by atoms with Crippen LogP contribution in [0.15, 0.2) is 24.3 Å². The summed E-state index contributed by atoms with van der Waals surface area (Å²) in [5, 5.41) is 5.71. The van der Waals surface area contributed by atoms with Crippen molar-refractivity contribution in [3.05, 3.63) is 30.1 Å². The Kier molecular flexibility index (Phi) is 5.09. The maximum Gasteiger partial charge on any atom is 0.248 e. The van der Waals surface area contributed by atoms with Gasteiger partial charge in [0.15, 0.2) is 0 Å². The van der Waals surface area contributed by atoms with Crippen LogP contribution in [0.2, 0.25) is 0 Å². The van der Waals surface area contributed by atoms with Crippen LogP contribution in [0.4, 0.5) is 18.9 Å². The van der Waals surface area contributed by atoms with Gasteiger partial charge >= 0.3 is 0 Å². The van der Waals surface area contributed by atoms with Gasteiger partial charge in [0.05, 0.1) is 0 Å². The topological polar surface area (TPSA) is 41.1 Å². The third kappa shape index (κ3) is 5.28. The Morgan fingerprint density at radius 3 is 2.67 bits per heavy atom. The van der Waals surface area contributed by atoms with E-state index in [0.29, 0.717) is 25.1 Å². The van der Waals surface area contributed by atoms with Crippen LogP contribution in [-0.4, -0.2) is 24.4 Å². The summed E-state index contributed by atoms with van der Waals surface area (Å²) in [6, 6.07) is 5.83. The van der Waals surface area contributed by atoms with Crippen molar-refractivity contribution in [3.63, 3.8) is 0 Å². The smallest absolute Gasteiger partial charge is 0.248 e. The molecule has 0 saturated heterocycles. The summed E-state index contributed by atoms with van der Waals surface area (Å²) >= 11 is 0. The number of alkyl halides is 2. The van der Waals surface area contributed by atoms with Crippen LogP contribution in [0.5, 0.6) is 0 Å². The number of rotatable bonds is 5. The van der Waals surface area contributed by atoms with E-state index in [0.717, 1.165) is 0 Å². The number of anilines is 1. The predicted molar refractivity (Wildman–Crippen MR) is 74.9 cm³/mol. The molecular weight excluding hydrogens is 281 g/mol. The fourth-order valence-electron chi connectivity index (χ4n) is 2.40. The highest BCUT2D eigenvalue weighted by atomic mass is 19.3. The second kappa shape index (κ2) is 6.83. The lowest BCUT2D eigenvalue weighted by Crippen LogP contribution is -2.40. The second-order valence-corrected chi connectivity index (χ2v) is 5.38. The van der Waals surface area contributed by atoms with Gasteiger partial charge < -0.3 is 10.6 Å². The summed E-state index contributed by atoms with van der Waals surface area (Å²) in [6.07, 6.45) is 0.522. The summed E-state index contributed by atoms with van der Waals surface area (Å²) < 4.78 is 38.9. The first-order chi connectivity index (χ1) is 9.94. The minimum absolute atomic E-state index is 0.161. The molecule has 3 nitrogen and oxygen atoms in total. The molecule has 1 amide bonds. The molecular formula is C15H19F3N2O. The minimum atomic E-state index is -2.58. The average molecular weight is 300 g/mol. The Bertz CT molecular complexity index is 484. The molecule has 1 aliphatic rings. The standard InChI is InChI=1S/C15H19F3N2O/c16-11-2-1-3-13(10-11)19-9-6-14(21)20-12-4-7-15(17,18)8-5-12/h1-3,10,12,19H,4-9H2,(H,20,21). The van der Waals surface area contributed by atoms with Crippen molar-refractivity contribution in [2.24, 2.45) is 0 Å². The Balaban J connectivity index is 1.66. The van der Waals surface area contributed by atoms with E-state index in [-0.39, 0.29) is 37.0 Å². The molecule has 0 aliphatic heterocycles. The maximum absolute atomic E-state index is 13.0. The molecule has 0 spiro atoms. The first-order valence-electron chi connectivity index (χ1n) is 7.11. The van der Waals surface area contributed by atoms with Crippen molar-refractivity contribution in [2.75, 3.05) is 11.9 Å². The number of benzene rings is 1. The highest BCUT2D eigenvalue weighted by Gasteiger charge is 2.35. The van der Waals surface area contributed by atoms with E-state index in [2.05, 4.69) is 10.6 Å². The lowest BCUT2D eigenvalue weighted by Gasteiger charge is -2.28. The van der Waals surface area contributed by atoms with Gasteiger partial charge in [-0.2, -0.15) is 0 Å². The van der Waals surface area contributed by atoms with E-state index in [1.807, 2.05) is 0 Å². The Labute approximate surface area is 121 Å². The van der Waals surface area contributed by atoms with Crippen LogP contribution < -0.4 is 10.6 Å². The van der Waals surface area contributed by atoms with E-state index in [4.69, 9.17) is 0 Å². The lowest BCUT2D eigenvalue weighted by atomic mass is 9.92. The van der Waals surface area contributed by atoms with Gasteiger partial charge in [0.1, 0.15) is 5.82 Å². The van der Waals surface area contributed by atoms with Crippen LogP contribution >= 0.6 is 0 Å². The van der Waals surface area contributed by atoms with Gasteiger partial charge in [0.25, 0.3) is 0 Å². The lowest BCUT2D eigenvalue weighted by molar-refractivity contribution is -0.122. The molecule has 0 radical (unpaired) electrons. The van der Waals surface area contributed by atoms with Crippen molar-refractivity contribution >= 4 is 11.6 Å². The molecule has 1 aromatic rings. The minimum Gasteiger partial charge on any atom is -0.384 e. The summed E-state index contributed by atoms with van der Waals surface area (Å²) in [6.45, 7) is 0.373. The molecule has 0 heterocycles. The van der Waals surface area contributed by atoms with Gasteiger partial charge in [-0.15, -0.1) is 0 Å². The third-order valence-corrected chi connectivity index (χ3v) is 3.59. The van der Waals surface area contributed by atoms with Crippen molar-refractivity contribution in [3.8, 4) is 0 Å². The van der Waals surface area contributed by atoms with Gasteiger partial charge in [-0.3, -0.25) is 4.79 Å². The Hall–Kier alpha value is -1.72. The number of halogens is 3. The molecule has 0 bridgehead atoms. The quantitative estimate of drug-likeness (QED) is 0.876. The molecule has 1 aliphatic carbocycles. The number of carbonyl (C=O) groups is 1. The number of amides is 1. The fraction of sp³-hybridized carbons (Fsp3) is 0.533. The molecule has 1 fully saturated rings. The second-order valence-electron chi connectivity index (χ2n) is 5.38. The van der Waals surface area contributed by atoms with Crippen molar-refractivity contribution in [1.29, 1.82) is 0 Å². The zero-order valence-corrected chi connectivity index (χ0v) is 11.7. The summed E-state index contributed by atoms with van der Waals surface area (Å²) in [5.74, 6) is -3.10. The van der Waals surface area contributed by atoms with Crippen LogP contribution in [0, 0.1) is 5.82 Å². The number of nitrogens with one attached hydrogen (secondary N) is 2. The molecule has 2 rings (SSSR count). The Morgan fingerprint density at radius 1 is 1.29 bits per heavy atom. The summed E-state index contributed by atoms with van der Waals surface area (Å²) in [7, 11) is 0. The zero-order valence-electron chi connectivity index (χ0n) is 11.7. The highest BCUT2D eigenvalue weighted by Crippen LogP contribution is 2.32. The van der Waals surface area contributed by atoms with Crippen molar-refractivity contribution in [2.45, 2.75) is 44.1 Å². The van der Waals surface area contributed by atoms with Gasteiger partial charge in [-0.25, -0.2) is 13.2 Å². The van der Waals surface area contributed by atoms with E-state index < -0.39 is 5.92 Å². The molecule has 1 saturated carbocycles. The molecule has 1 aromatic carbocycles. The monoisotopic (exact) mass is 300 g/mol. The molecule has 116 valence electrons. The summed E-state index contributed by atoms with van der Waals surface area (Å²) in [4.78, 5) is 11.7. The van der Waals surface area contributed by atoms with E-state index in [9.17, 15) is 18.0 Å². The molecule has 21 heavy (non-hydrogen) atoms. The van der Waals surface area contributed by atoms with Gasteiger partial charge in [-0.05, 0) is 31.0 Å². The molecule has 0 unspecified atom stereocenters. The number of carbonyl (C=O) groups excluding carboxylic acids is 1. The molecule has 6 heteroatoms. The van der Waals surface area contributed by atoms with Crippen LogP contribution in [-0.2, 0) is 4.79 Å². The third-order valence-electron chi connectivity index (χ3n) is 3.59. The average Bonchev–Trinajstić information content (AvgIpc) is 2.41. The van der Waals surface area contributed by atoms with Crippen molar-refractivity contribution in [1.82, 2.24) is 5.32 Å². The van der Waals surface area contributed by atoms with E-state index >= 15 is 0 Å². The van der Waals surface area contributed by atoms with Gasteiger partial charge in [-0.1, -0.05) is 6.07 Å². The van der Waals surface area contributed by atoms with Crippen LogP contribution in [0.25, 0.3) is 0 Å². The normalized spacial score (nSPS) is 18.2. The fourth-order valence-corrected chi connectivity index (χ4v) is 2.40. The molecule has 2 N–H and O–H groups in total. The van der Waals surface area contributed by atoms with Gasteiger partial charge in [0, 0.05) is 37.5 Å². The van der Waals surface area contributed by atoms with Crippen molar-refractivity contribution < 1.29 is 18.0 Å².